The Balaban J connectivity index is 0.000000257. The summed E-state index contributed by atoms with van der Waals surface area (Å²) in [5, 5.41) is 22.8. The Labute approximate surface area is 269 Å². The molecule has 0 spiro atoms. The monoisotopic (exact) mass is 733 g/mol. The topological polar surface area (TPSA) is 156 Å². The van der Waals surface area contributed by atoms with E-state index in [9.17, 15) is 35.7 Å². The number of benzene rings is 2. The summed E-state index contributed by atoms with van der Waals surface area (Å²) in [7, 11) is 0. The number of alkyl halides is 6. The number of anilines is 2. The number of amides is 1. The van der Waals surface area contributed by atoms with Crippen molar-refractivity contribution in [3.63, 3.8) is 0 Å². The third kappa shape index (κ3) is 7.62. The fraction of sp³-hybridized carbons (Fsp3) is 0.0870. The molecule has 1 atom stereocenters. The molecule has 1 amide bonds. The number of aromatic nitrogens is 3. The van der Waals surface area contributed by atoms with Gasteiger partial charge in [0.05, 0.1) is 26.9 Å². The van der Waals surface area contributed by atoms with Crippen LogP contribution in [0.1, 0.15) is 26.5 Å². The molecule has 0 aliphatic heterocycles. The van der Waals surface area contributed by atoms with Gasteiger partial charge in [0.1, 0.15) is 38.9 Å². The number of halogens is 10. The van der Waals surface area contributed by atoms with Gasteiger partial charge in [-0.2, -0.15) is 28.1 Å². The SMILES string of the molecule is N#Cc1ccccc1NC(=O)c1snc(Cl)c1Cl.N#Cc1nn(-c2c(Cl)cc(C(F)(F)F)cc2Cl)c(N)c1[S+]([O-])C(F)(F)F. The number of nitriles is 2. The summed E-state index contributed by atoms with van der Waals surface area (Å²) in [5.41, 5.74) is -1.63. The van der Waals surface area contributed by atoms with Crippen molar-refractivity contribution in [3.8, 4) is 17.8 Å². The fourth-order valence-electron chi connectivity index (χ4n) is 3.16. The van der Waals surface area contributed by atoms with E-state index in [4.69, 9.17) is 62.7 Å². The third-order valence-corrected chi connectivity index (χ3v) is 8.60. The van der Waals surface area contributed by atoms with Gasteiger partial charge in [-0.15, -0.1) is 18.3 Å². The van der Waals surface area contributed by atoms with Gasteiger partial charge >= 0.3 is 11.7 Å². The first-order valence-corrected chi connectivity index (χ1v) is 14.3. The predicted molar refractivity (Wildman–Crippen MR) is 151 cm³/mol. The molecule has 0 saturated carbocycles. The highest BCUT2D eigenvalue weighted by Gasteiger charge is 2.50. The molecule has 4 rings (SSSR count). The number of para-hydroxylation sites is 1. The molecule has 0 fully saturated rings. The first-order chi connectivity index (χ1) is 20.4. The largest absolute Gasteiger partial charge is 0.604 e. The number of carbonyl (C=O) groups excluding carboxylic acids is 1. The number of nitrogens with zero attached hydrogens (tertiary/aromatic N) is 5. The number of rotatable bonds is 4. The fourth-order valence-corrected chi connectivity index (χ4v) is 5.69. The van der Waals surface area contributed by atoms with E-state index >= 15 is 0 Å². The highest BCUT2D eigenvalue weighted by Crippen LogP contribution is 2.41. The lowest BCUT2D eigenvalue weighted by Crippen LogP contribution is -2.24. The van der Waals surface area contributed by atoms with Crippen LogP contribution in [0.3, 0.4) is 0 Å². The molecule has 3 N–H and O–H groups in total. The van der Waals surface area contributed by atoms with E-state index in [2.05, 4.69) is 14.8 Å². The van der Waals surface area contributed by atoms with E-state index in [1.807, 2.05) is 6.07 Å². The van der Waals surface area contributed by atoms with E-state index in [-0.39, 0.29) is 15.1 Å². The van der Waals surface area contributed by atoms with Gasteiger partial charge in [0, 0.05) is 0 Å². The Kier molecular flexibility index (Phi) is 10.9. The quantitative estimate of drug-likeness (QED) is 0.160. The van der Waals surface area contributed by atoms with Gasteiger partial charge in [0.25, 0.3) is 5.91 Å². The van der Waals surface area contributed by atoms with Crippen LogP contribution < -0.4 is 11.1 Å². The van der Waals surface area contributed by atoms with Crippen molar-refractivity contribution >= 4 is 86.5 Å². The second-order valence-electron chi connectivity index (χ2n) is 7.82. The van der Waals surface area contributed by atoms with Crippen LogP contribution in [0.15, 0.2) is 41.3 Å². The second kappa shape index (κ2) is 13.7. The molecule has 2 heterocycles. The Morgan fingerprint density at radius 3 is 2.11 bits per heavy atom. The average Bonchev–Trinajstić information content (AvgIpc) is 3.45. The number of nitrogen functional groups attached to an aromatic ring is 1. The van der Waals surface area contributed by atoms with E-state index in [0.717, 1.165) is 11.5 Å². The predicted octanol–water partition coefficient (Wildman–Crippen LogP) is 7.85. The Hall–Kier alpha value is -3.42. The van der Waals surface area contributed by atoms with Crippen molar-refractivity contribution in [3.05, 3.63) is 78.3 Å². The summed E-state index contributed by atoms with van der Waals surface area (Å²) in [6.07, 6.45) is -4.79. The van der Waals surface area contributed by atoms with Crippen molar-refractivity contribution in [2.24, 2.45) is 0 Å². The van der Waals surface area contributed by atoms with Gasteiger partial charge in [-0.1, -0.05) is 58.5 Å². The number of carbonyl (C=O) groups is 1. The van der Waals surface area contributed by atoms with Crippen LogP contribution in [0.2, 0.25) is 20.2 Å². The summed E-state index contributed by atoms with van der Waals surface area (Å²) in [4.78, 5) is 11.0. The van der Waals surface area contributed by atoms with Crippen LogP contribution in [-0.2, 0) is 17.4 Å². The van der Waals surface area contributed by atoms with Crippen molar-refractivity contribution in [2.75, 3.05) is 11.1 Å². The molecule has 0 saturated heterocycles. The van der Waals surface area contributed by atoms with Crippen LogP contribution in [-0.4, -0.2) is 30.1 Å². The van der Waals surface area contributed by atoms with Crippen molar-refractivity contribution in [1.29, 1.82) is 10.5 Å². The normalized spacial score (nSPS) is 12.0. The standard InChI is InChI=1S/C12H4Cl2F6N4OS.C11H5Cl2N3OS/c13-5-1-4(11(15,16)17)2-6(14)8(5)24-10(22)9(7(3-21)23-24)26(25)12(18,19)20;12-8-9(18-16-10(8)13)11(17)15-7-4-2-1-3-6(7)5-14/h1-2H,22H2;1-4H,(H,15,17). The lowest BCUT2D eigenvalue weighted by Gasteiger charge is -2.14. The molecule has 0 bridgehead atoms. The molecule has 230 valence electrons. The summed E-state index contributed by atoms with van der Waals surface area (Å²) in [5.74, 6) is -1.34. The van der Waals surface area contributed by atoms with E-state index < -0.39 is 66.5 Å². The minimum Gasteiger partial charge on any atom is -0.604 e. The number of hydrogen-bond donors (Lipinski definition) is 2. The van der Waals surface area contributed by atoms with Gasteiger partial charge in [-0.25, -0.2) is 4.68 Å². The first-order valence-electron chi connectivity index (χ1n) is 10.9. The van der Waals surface area contributed by atoms with E-state index in [1.54, 1.807) is 24.3 Å². The zero-order chi connectivity index (χ0) is 33.1. The van der Waals surface area contributed by atoms with Crippen LogP contribution in [0.25, 0.3) is 5.69 Å². The second-order valence-corrected chi connectivity index (χ2v) is 11.5. The van der Waals surface area contributed by atoms with Gasteiger partial charge in [-0.3, -0.25) is 4.79 Å². The minimum atomic E-state index is -5.25. The Morgan fingerprint density at radius 1 is 1.05 bits per heavy atom. The molecular formula is C23H9Cl4F6N7O2S2. The zero-order valence-corrected chi connectivity index (χ0v) is 25.3. The Bertz CT molecular complexity index is 1790. The maximum absolute atomic E-state index is 12.7. The van der Waals surface area contributed by atoms with Gasteiger partial charge in [0.15, 0.2) is 11.0 Å². The molecule has 0 aliphatic carbocycles. The zero-order valence-electron chi connectivity index (χ0n) is 20.7. The van der Waals surface area contributed by atoms with Crippen molar-refractivity contribution < 1.29 is 35.7 Å². The maximum Gasteiger partial charge on any atom is 0.578 e. The molecule has 4 aromatic rings. The molecule has 2 aromatic heterocycles. The Morgan fingerprint density at radius 2 is 1.64 bits per heavy atom. The molecule has 0 radical (unpaired) electrons. The third-order valence-electron chi connectivity index (χ3n) is 5.03. The lowest BCUT2D eigenvalue weighted by molar-refractivity contribution is -0.137. The van der Waals surface area contributed by atoms with Crippen LogP contribution in [0.4, 0.5) is 37.8 Å². The van der Waals surface area contributed by atoms with Gasteiger partial charge in [-0.05, 0) is 35.8 Å². The van der Waals surface area contributed by atoms with Crippen molar-refractivity contribution in [2.45, 2.75) is 16.6 Å². The summed E-state index contributed by atoms with van der Waals surface area (Å²) >= 11 is 20.2. The molecule has 44 heavy (non-hydrogen) atoms. The van der Waals surface area contributed by atoms with Gasteiger partial charge < -0.3 is 15.6 Å². The number of hydrogen-bond acceptors (Lipinski definition) is 8. The van der Waals surface area contributed by atoms with Crippen LogP contribution in [0, 0.1) is 22.7 Å². The summed E-state index contributed by atoms with van der Waals surface area (Å²) in [6, 6.07) is 10.9. The molecule has 1 unspecified atom stereocenters. The first kappa shape index (κ1) is 35.1. The molecular weight excluding hydrogens is 726 g/mol. The van der Waals surface area contributed by atoms with Crippen LogP contribution >= 0.6 is 57.9 Å². The highest BCUT2D eigenvalue weighted by atomic mass is 35.5. The smallest absolute Gasteiger partial charge is 0.578 e. The molecule has 9 nitrogen and oxygen atoms in total. The van der Waals surface area contributed by atoms with Crippen molar-refractivity contribution in [1.82, 2.24) is 14.2 Å². The average molecular weight is 735 g/mol. The van der Waals surface area contributed by atoms with Crippen LogP contribution in [0.5, 0.6) is 0 Å². The summed E-state index contributed by atoms with van der Waals surface area (Å²) in [6.45, 7) is 0. The van der Waals surface area contributed by atoms with Gasteiger partial charge in [0.2, 0.25) is 10.6 Å². The maximum atomic E-state index is 12.7. The molecule has 2 aromatic carbocycles. The summed E-state index contributed by atoms with van der Waals surface area (Å²) < 4.78 is 92.1. The minimum absolute atomic E-state index is 0.0976. The van der Waals surface area contributed by atoms with E-state index in [0.29, 0.717) is 28.1 Å². The molecule has 21 heteroatoms. The number of nitrogens with two attached hydrogens (primary N) is 1. The van der Waals surface area contributed by atoms with E-state index in [1.165, 1.54) is 6.07 Å². The lowest BCUT2D eigenvalue weighted by atomic mass is 10.2. The molecule has 0 aliphatic rings. The number of nitrogens with one attached hydrogen (secondary N) is 1. The highest BCUT2D eigenvalue weighted by molar-refractivity contribution is 7.92.